The van der Waals surface area contributed by atoms with Crippen molar-refractivity contribution in [1.29, 1.82) is 0 Å². The van der Waals surface area contributed by atoms with E-state index < -0.39 is 52.6 Å². The Morgan fingerprint density at radius 2 is 1.60 bits per heavy atom. The Hall–Kier alpha value is -4.50. The van der Waals surface area contributed by atoms with Crippen LogP contribution in [0.1, 0.15) is 47.9 Å². The van der Waals surface area contributed by atoms with Gasteiger partial charge in [0.1, 0.15) is 17.3 Å². The third kappa shape index (κ3) is 4.61. The summed E-state index contributed by atoms with van der Waals surface area (Å²) in [6, 6.07) is 14.0. The average Bonchev–Trinajstić information content (AvgIpc) is 3.40. The van der Waals surface area contributed by atoms with E-state index in [4.69, 9.17) is 11.6 Å². The lowest BCUT2D eigenvalue weighted by molar-refractivity contribution is -0.140. The number of allylic oxidation sites excluding steroid dienone is 2. The summed E-state index contributed by atoms with van der Waals surface area (Å²) in [5.41, 5.74) is 2.58. The standard InChI is InChI=1S/C37H34ClFN2O6/c1-18-14-21(15-19(2)32(18)43)31-24-9-10-25-30(35(46)40(33(25)44)13-12-20-4-7-23(42)8-5-20)26(24)17-27-34(45)41(36(47)37(27,31)3)22-6-11-29(39)28(38)16-22/h4-9,11,14-16,25-27,30-31,42-43H,10,12-13,17H2,1-3H3/t25-,26+,27-,30-,31-,37+/m0/s1. The van der Waals surface area contributed by atoms with Gasteiger partial charge in [-0.05, 0) is 98.5 Å². The van der Waals surface area contributed by atoms with Gasteiger partial charge in [-0.1, -0.05) is 47.5 Å². The molecule has 0 aromatic heterocycles. The second-order valence-electron chi connectivity index (χ2n) is 13.5. The van der Waals surface area contributed by atoms with Gasteiger partial charge in [0.2, 0.25) is 23.6 Å². The molecular weight excluding hydrogens is 623 g/mol. The molecule has 7 rings (SSSR count). The van der Waals surface area contributed by atoms with Gasteiger partial charge in [-0.2, -0.15) is 0 Å². The summed E-state index contributed by atoms with van der Waals surface area (Å²) in [5.74, 6) is -5.06. The number of hydrogen-bond donors (Lipinski definition) is 2. The van der Waals surface area contributed by atoms with E-state index in [1.54, 1.807) is 45.0 Å². The number of halogens is 2. The van der Waals surface area contributed by atoms with Crippen LogP contribution in [0.4, 0.5) is 10.1 Å². The second kappa shape index (κ2) is 11.0. The lowest BCUT2D eigenvalue weighted by atomic mass is 9.51. The molecule has 8 nitrogen and oxygen atoms in total. The Bertz CT molecular complexity index is 1880. The molecule has 0 bridgehead atoms. The highest BCUT2D eigenvalue weighted by atomic mass is 35.5. The third-order valence-electron chi connectivity index (χ3n) is 10.9. The number of imide groups is 2. The molecule has 1 saturated carbocycles. The van der Waals surface area contributed by atoms with Crippen molar-refractivity contribution in [3.05, 3.63) is 99.3 Å². The zero-order valence-electron chi connectivity index (χ0n) is 26.2. The van der Waals surface area contributed by atoms with Crippen molar-refractivity contribution in [2.75, 3.05) is 11.4 Å². The largest absolute Gasteiger partial charge is 0.508 e. The van der Waals surface area contributed by atoms with Gasteiger partial charge in [-0.25, -0.2) is 9.29 Å². The molecule has 2 aliphatic carbocycles. The smallest absolute Gasteiger partial charge is 0.241 e. The Balaban J connectivity index is 1.31. The van der Waals surface area contributed by atoms with Gasteiger partial charge in [0, 0.05) is 12.5 Å². The highest BCUT2D eigenvalue weighted by Gasteiger charge is 2.67. The van der Waals surface area contributed by atoms with Crippen molar-refractivity contribution in [3.63, 3.8) is 0 Å². The average molecular weight is 657 g/mol. The van der Waals surface area contributed by atoms with Gasteiger partial charge in [-0.15, -0.1) is 0 Å². The molecule has 242 valence electrons. The molecule has 3 fully saturated rings. The van der Waals surface area contributed by atoms with Crippen molar-refractivity contribution in [1.82, 2.24) is 4.90 Å². The summed E-state index contributed by atoms with van der Waals surface area (Å²) in [6.45, 7) is 5.52. The van der Waals surface area contributed by atoms with Gasteiger partial charge < -0.3 is 10.2 Å². The zero-order valence-corrected chi connectivity index (χ0v) is 26.9. The normalized spacial score (nSPS) is 28.4. The predicted molar refractivity (Wildman–Crippen MR) is 172 cm³/mol. The summed E-state index contributed by atoms with van der Waals surface area (Å²) in [5, 5.41) is 20.0. The molecule has 10 heteroatoms. The first-order chi connectivity index (χ1) is 22.3. The number of phenolic OH excluding ortho intramolecular Hbond substituents is 2. The van der Waals surface area contributed by atoms with Crippen molar-refractivity contribution >= 4 is 40.9 Å². The van der Waals surface area contributed by atoms with E-state index in [0.717, 1.165) is 27.7 Å². The minimum Gasteiger partial charge on any atom is -0.508 e. The maximum absolute atomic E-state index is 14.5. The van der Waals surface area contributed by atoms with Crippen molar-refractivity contribution in [3.8, 4) is 11.5 Å². The molecule has 0 spiro atoms. The van der Waals surface area contributed by atoms with Crippen molar-refractivity contribution in [2.24, 2.45) is 29.1 Å². The first-order valence-corrected chi connectivity index (χ1v) is 16.2. The van der Waals surface area contributed by atoms with Crippen LogP contribution >= 0.6 is 11.6 Å². The van der Waals surface area contributed by atoms with Crippen molar-refractivity contribution < 1.29 is 33.8 Å². The van der Waals surface area contributed by atoms with Crippen LogP contribution in [0.15, 0.2) is 66.2 Å². The van der Waals surface area contributed by atoms with Crippen LogP contribution in [0.25, 0.3) is 0 Å². The molecule has 3 aromatic carbocycles. The molecule has 4 amide bonds. The maximum Gasteiger partial charge on any atom is 0.241 e. The van der Waals surface area contributed by atoms with E-state index in [0.29, 0.717) is 24.0 Å². The summed E-state index contributed by atoms with van der Waals surface area (Å²) < 4.78 is 14.1. The fourth-order valence-corrected chi connectivity index (χ4v) is 8.79. The molecule has 3 aromatic rings. The molecule has 2 heterocycles. The number of nitrogens with zero attached hydrogens (tertiary/aromatic N) is 2. The Morgan fingerprint density at radius 1 is 0.915 bits per heavy atom. The predicted octanol–water partition coefficient (Wildman–Crippen LogP) is 5.98. The van der Waals surface area contributed by atoms with E-state index in [2.05, 4.69) is 0 Å². The van der Waals surface area contributed by atoms with Gasteiger partial charge in [0.05, 0.1) is 33.9 Å². The number of carbonyl (C=O) groups is 4. The molecule has 2 N–H and O–H groups in total. The highest BCUT2D eigenvalue weighted by molar-refractivity contribution is 6.31. The number of fused-ring (bicyclic) bond motifs is 4. The lowest BCUT2D eigenvalue weighted by Gasteiger charge is -2.49. The summed E-state index contributed by atoms with van der Waals surface area (Å²) >= 11 is 6.08. The van der Waals surface area contributed by atoms with Crippen LogP contribution in [-0.2, 0) is 25.6 Å². The van der Waals surface area contributed by atoms with E-state index in [1.165, 1.54) is 17.0 Å². The first-order valence-electron chi connectivity index (χ1n) is 15.8. The van der Waals surface area contributed by atoms with E-state index in [-0.39, 0.29) is 47.0 Å². The molecule has 0 unspecified atom stereocenters. The fourth-order valence-electron chi connectivity index (χ4n) is 8.61. The number of hydrogen-bond acceptors (Lipinski definition) is 6. The zero-order chi connectivity index (χ0) is 33.5. The molecule has 0 radical (unpaired) electrons. The number of rotatable bonds is 5. The number of anilines is 1. The monoisotopic (exact) mass is 656 g/mol. The highest BCUT2D eigenvalue weighted by Crippen LogP contribution is 2.63. The van der Waals surface area contributed by atoms with Crippen LogP contribution < -0.4 is 4.90 Å². The molecule has 47 heavy (non-hydrogen) atoms. The maximum atomic E-state index is 14.5. The van der Waals surface area contributed by atoms with E-state index in [9.17, 15) is 33.8 Å². The van der Waals surface area contributed by atoms with Gasteiger partial charge >= 0.3 is 0 Å². The van der Waals surface area contributed by atoms with Crippen LogP contribution in [0, 0.1) is 48.8 Å². The second-order valence-corrected chi connectivity index (χ2v) is 13.9. The van der Waals surface area contributed by atoms with E-state index in [1.807, 2.05) is 18.2 Å². The van der Waals surface area contributed by atoms with Crippen molar-refractivity contribution in [2.45, 2.75) is 46.0 Å². The van der Waals surface area contributed by atoms with Crippen LogP contribution in [0.2, 0.25) is 5.02 Å². The first kappa shape index (κ1) is 31.1. The summed E-state index contributed by atoms with van der Waals surface area (Å²) in [6.07, 6.45) is 2.93. The quantitative estimate of drug-likeness (QED) is 0.258. The Labute approximate surface area is 276 Å². The lowest BCUT2D eigenvalue weighted by Crippen LogP contribution is -2.49. The number of aromatic hydroxyl groups is 2. The number of phenols is 2. The van der Waals surface area contributed by atoms with Crippen LogP contribution in [0.5, 0.6) is 11.5 Å². The molecule has 2 aliphatic heterocycles. The minimum atomic E-state index is -1.27. The minimum absolute atomic E-state index is 0.130. The van der Waals surface area contributed by atoms with Crippen LogP contribution in [0.3, 0.4) is 0 Å². The van der Waals surface area contributed by atoms with Gasteiger partial charge in [0.15, 0.2) is 0 Å². The number of likely N-dealkylation sites (tertiary alicyclic amines) is 1. The number of benzene rings is 3. The number of carbonyl (C=O) groups excluding carboxylic acids is 4. The number of amides is 4. The Kier molecular flexibility index (Phi) is 7.31. The van der Waals surface area contributed by atoms with E-state index >= 15 is 0 Å². The number of aryl methyl sites for hydroxylation is 2. The Morgan fingerprint density at radius 3 is 2.26 bits per heavy atom. The van der Waals surface area contributed by atoms with Gasteiger partial charge in [-0.3, -0.25) is 24.1 Å². The molecule has 2 saturated heterocycles. The molecular formula is C37H34ClFN2O6. The topological polar surface area (TPSA) is 115 Å². The molecule has 4 aliphatic rings. The fraction of sp³-hybridized carbons (Fsp3) is 0.351. The van der Waals surface area contributed by atoms with Crippen LogP contribution in [-0.4, -0.2) is 45.3 Å². The SMILES string of the molecule is Cc1cc([C@H]2C3=CC[C@@H]4C(=O)N(CCc5ccc(O)cc5)C(=O)[C@@H]4[C@@H]3C[C@H]3C(=O)N(c4ccc(F)c(Cl)c4)C(=O)[C@@]23C)cc(C)c1O. The van der Waals surface area contributed by atoms with Gasteiger partial charge in [0.25, 0.3) is 0 Å². The molecule has 6 atom stereocenters. The third-order valence-corrected chi connectivity index (χ3v) is 11.2. The summed E-state index contributed by atoms with van der Waals surface area (Å²) in [7, 11) is 0. The summed E-state index contributed by atoms with van der Waals surface area (Å²) in [4.78, 5) is 59.1.